The highest BCUT2D eigenvalue weighted by Gasteiger charge is 2.71. The Bertz CT molecular complexity index is 804. The maximum Gasteiger partial charge on any atom is 0.332 e. The number of hydroxylamine groups is 2. The monoisotopic (exact) mass is 411 g/mol. The Labute approximate surface area is 157 Å². The molecule has 1 fully saturated rings. The van der Waals surface area contributed by atoms with Crippen molar-refractivity contribution in [3.05, 3.63) is 32.9 Å². The third-order valence-electron chi connectivity index (χ3n) is 4.63. The van der Waals surface area contributed by atoms with E-state index >= 15 is 0 Å². The minimum atomic E-state index is -3.47. The van der Waals surface area contributed by atoms with Crippen LogP contribution in [0.4, 0.5) is 8.78 Å². The number of ether oxygens (including phenoxy) is 1. The van der Waals surface area contributed by atoms with Gasteiger partial charge in [0.1, 0.15) is 12.2 Å². The van der Waals surface area contributed by atoms with Crippen molar-refractivity contribution in [3.8, 4) is 0 Å². The van der Waals surface area contributed by atoms with Crippen LogP contribution in [0.25, 0.3) is 0 Å². The molecule has 0 spiro atoms. The van der Waals surface area contributed by atoms with E-state index in [1.165, 1.54) is 4.98 Å². The van der Waals surface area contributed by atoms with E-state index < -0.39 is 58.9 Å². The molecule has 0 aromatic carbocycles. The van der Waals surface area contributed by atoms with Crippen LogP contribution in [-0.4, -0.2) is 71.1 Å². The summed E-state index contributed by atoms with van der Waals surface area (Å²) < 4.78 is 33.0. The maximum absolute atomic E-state index is 14.5. The molecule has 1 aliphatic heterocycles. The number of aliphatic hydroxyl groups excluding tert-OH is 2. The summed E-state index contributed by atoms with van der Waals surface area (Å²) >= 11 is 0. The number of unbranched alkanes of at least 4 members (excludes halogenated alkanes) is 2. The molecule has 11 nitrogen and oxygen atoms in total. The fourth-order valence-corrected chi connectivity index (χ4v) is 3.04. The molecule has 6 N–H and O–H groups in total. The third kappa shape index (κ3) is 3.50. The van der Waals surface area contributed by atoms with Gasteiger partial charge in [-0.1, -0.05) is 19.8 Å². The van der Waals surface area contributed by atoms with Crippen LogP contribution >= 0.6 is 0 Å². The molecule has 0 amide bonds. The van der Waals surface area contributed by atoms with Crippen molar-refractivity contribution in [2.75, 3.05) is 6.61 Å². The summed E-state index contributed by atoms with van der Waals surface area (Å²) in [6.07, 6.45) is -5.06. The lowest BCUT2D eigenvalue weighted by Gasteiger charge is -2.43. The summed E-state index contributed by atoms with van der Waals surface area (Å²) in [6.45, 7) is 0.820. The summed E-state index contributed by atoms with van der Waals surface area (Å²) in [7, 11) is 0. The standard InChI is InChI=1S/C15H23F2N3O8/c1-2-3-4-5-10(17)20(27)14(25)11(22)9(7-21)28-15(14,26)19-6-8(16)12(23)18-13(19)24/h6,9-11,21-22,25-27H,2-5,7H2,1H3,(H,18,23,24)/t9-,10?,11-,14-,15+/m1/s1. The van der Waals surface area contributed by atoms with Crippen LogP contribution in [0, 0.1) is 5.82 Å². The molecule has 1 unspecified atom stereocenters. The van der Waals surface area contributed by atoms with Crippen LogP contribution in [0.2, 0.25) is 0 Å². The second kappa shape index (κ2) is 8.32. The van der Waals surface area contributed by atoms with E-state index in [9.17, 15) is 44.0 Å². The van der Waals surface area contributed by atoms with Gasteiger partial charge in [-0.25, -0.2) is 13.8 Å². The van der Waals surface area contributed by atoms with Gasteiger partial charge in [0.2, 0.25) is 11.5 Å². The summed E-state index contributed by atoms with van der Waals surface area (Å²) in [4.78, 5) is 24.7. The van der Waals surface area contributed by atoms with Gasteiger partial charge in [0.25, 0.3) is 5.56 Å². The zero-order chi connectivity index (χ0) is 21.3. The van der Waals surface area contributed by atoms with Gasteiger partial charge in [-0.3, -0.25) is 9.78 Å². The average Bonchev–Trinajstić information content (AvgIpc) is 2.86. The number of aromatic amines is 1. The molecular formula is C15H23F2N3O8. The number of H-pyrrole nitrogens is 1. The molecule has 1 aromatic rings. The minimum absolute atomic E-state index is 0.0649. The Morgan fingerprint density at radius 3 is 2.61 bits per heavy atom. The van der Waals surface area contributed by atoms with Crippen LogP contribution < -0.4 is 11.2 Å². The first-order valence-corrected chi connectivity index (χ1v) is 8.60. The van der Waals surface area contributed by atoms with Gasteiger partial charge in [-0.2, -0.15) is 4.39 Å². The Morgan fingerprint density at radius 2 is 2.04 bits per heavy atom. The molecule has 0 bridgehead atoms. The van der Waals surface area contributed by atoms with Gasteiger partial charge in [0.05, 0.1) is 12.8 Å². The van der Waals surface area contributed by atoms with Crippen molar-refractivity contribution in [1.82, 2.24) is 14.6 Å². The predicted octanol–water partition coefficient (Wildman–Crippen LogP) is -1.71. The van der Waals surface area contributed by atoms with E-state index in [0.717, 1.165) is 6.42 Å². The van der Waals surface area contributed by atoms with Crippen LogP contribution in [0.1, 0.15) is 32.6 Å². The van der Waals surface area contributed by atoms with E-state index in [4.69, 9.17) is 4.74 Å². The number of hydrogen-bond donors (Lipinski definition) is 6. The van der Waals surface area contributed by atoms with Gasteiger partial charge < -0.3 is 30.4 Å². The van der Waals surface area contributed by atoms with Crippen LogP contribution in [-0.2, 0) is 10.6 Å². The molecular weight excluding hydrogens is 388 g/mol. The Balaban J connectivity index is 2.55. The summed E-state index contributed by atoms with van der Waals surface area (Å²) in [5.74, 6) is -5.05. The van der Waals surface area contributed by atoms with Gasteiger partial charge in [-0.15, -0.1) is 5.06 Å². The molecule has 0 saturated carbocycles. The fraction of sp³-hybridized carbons (Fsp3) is 0.733. The van der Waals surface area contributed by atoms with E-state index in [1.807, 2.05) is 6.92 Å². The molecule has 0 aliphatic carbocycles. The molecule has 2 rings (SSSR count). The molecule has 28 heavy (non-hydrogen) atoms. The Morgan fingerprint density at radius 1 is 1.39 bits per heavy atom. The van der Waals surface area contributed by atoms with Crippen molar-refractivity contribution in [2.24, 2.45) is 0 Å². The van der Waals surface area contributed by atoms with Crippen molar-refractivity contribution >= 4 is 0 Å². The first-order valence-electron chi connectivity index (χ1n) is 8.60. The Hall–Kier alpha value is -1.74. The van der Waals surface area contributed by atoms with E-state index in [2.05, 4.69) is 0 Å². The SMILES string of the molecule is CCCCCC(F)N(O)[C@@]1(O)[C@H](O)[C@@H](CO)O[C@]1(O)n1cc(F)c(=O)[nH]c1=O. The number of aliphatic hydroxyl groups is 4. The largest absolute Gasteiger partial charge is 0.394 e. The molecule has 160 valence electrons. The molecule has 1 saturated heterocycles. The maximum atomic E-state index is 14.5. The number of aromatic nitrogens is 2. The van der Waals surface area contributed by atoms with Crippen LogP contribution in [0.3, 0.4) is 0 Å². The van der Waals surface area contributed by atoms with Gasteiger partial charge in [-0.05, 0) is 12.8 Å². The first kappa shape index (κ1) is 22.5. The van der Waals surface area contributed by atoms with Gasteiger partial charge in [0, 0.05) is 0 Å². The van der Waals surface area contributed by atoms with Crippen molar-refractivity contribution in [2.45, 2.75) is 62.7 Å². The lowest BCUT2D eigenvalue weighted by molar-refractivity contribution is -0.428. The number of rotatable bonds is 8. The topological polar surface area (TPSA) is 168 Å². The highest BCUT2D eigenvalue weighted by Crippen LogP contribution is 2.44. The molecule has 1 aromatic heterocycles. The highest BCUT2D eigenvalue weighted by molar-refractivity contribution is 5.06. The Kier molecular flexibility index (Phi) is 6.70. The van der Waals surface area contributed by atoms with Crippen molar-refractivity contribution in [3.63, 3.8) is 0 Å². The number of hydrogen-bond acceptors (Lipinski definition) is 9. The van der Waals surface area contributed by atoms with Crippen molar-refractivity contribution in [1.29, 1.82) is 0 Å². The second-order valence-electron chi connectivity index (χ2n) is 6.50. The lowest BCUT2D eigenvalue weighted by Crippen LogP contribution is -2.69. The van der Waals surface area contributed by atoms with Gasteiger partial charge >= 0.3 is 11.6 Å². The zero-order valence-corrected chi connectivity index (χ0v) is 15.0. The molecule has 0 radical (unpaired) electrons. The molecule has 2 heterocycles. The molecule has 5 atom stereocenters. The minimum Gasteiger partial charge on any atom is -0.394 e. The fourth-order valence-electron chi connectivity index (χ4n) is 3.04. The summed E-state index contributed by atoms with van der Waals surface area (Å²) in [5, 5.41) is 51.0. The van der Waals surface area contributed by atoms with E-state index in [0.29, 0.717) is 6.42 Å². The quantitative estimate of drug-likeness (QED) is 0.126. The lowest BCUT2D eigenvalue weighted by atomic mass is 10.00. The van der Waals surface area contributed by atoms with Crippen LogP contribution in [0.5, 0.6) is 0 Å². The summed E-state index contributed by atoms with van der Waals surface area (Å²) in [6, 6.07) is 0. The second-order valence-corrected chi connectivity index (χ2v) is 6.50. The average molecular weight is 411 g/mol. The normalized spacial score (nSPS) is 31.5. The van der Waals surface area contributed by atoms with Crippen molar-refractivity contribution < 1.29 is 39.2 Å². The van der Waals surface area contributed by atoms with Crippen LogP contribution in [0.15, 0.2) is 15.8 Å². The first-order chi connectivity index (χ1) is 13.0. The van der Waals surface area contributed by atoms with E-state index in [1.54, 1.807) is 0 Å². The molecule has 13 heteroatoms. The number of halogens is 2. The zero-order valence-electron chi connectivity index (χ0n) is 15.0. The smallest absolute Gasteiger partial charge is 0.332 e. The highest BCUT2D eigenvalue weighted by atomic mass is 19.1. The van der Waals surface area contributed by atoms with Gasteiger partial charge in [0.15, 0.2) is 6.30 Å². The number of nitrogens with one attached hydrogen (secondary N) is 1. The summed E-state index contributed by atoms with van der Waals surface area (Å²) in [5.41, 5.74) is -6.39. The number of alkyl halides is 1. The number of nitrogens with zero attached hydrogens (tertiary/aromatic N) is 2. The predicted molar refractivity (Wildman–Crippen MR) is 87.1 cm³/mol. The third-order valence-corrected chi connectivity index (χ3v) is 4.63. The van der Waals surface area contributed by atoms with E-state index in [-0.39, 0.29) is 23.6 Å². The molecule has 1 aliphatic rings.